The van der Waals surface area contributed by atoms with Gasteiger partial charge in [0.25, 0.3) is 10.0 Å². The molecule has 0 aliphatic carbocycles. The molecule has 0 spiro atoms. The van der Waals surface area contributed by atoms with Crippen LogP contribution in [-0.4, -0.2) is 27.4 Å². The average Bonchev–Trinajstić information content (AvgIpc) is 2.76. The van der Waals surface area contributed by atoms with Crippen LogP contribution in [0.1, 0.15) is 17.5 Å². The number of benzene rings is 3. The molecule has 8 heteroatoms. The zero-order valence-electron chi connectivity index (χ0n) is 17.6. The van der Waals surface area contributed by atoms with Gasteiger partial charge in [-0.1, -0.05) is 53.5 Å². The van der Waals surface area contributed by atoms with E-state index in [-0.39, 0.29) is 17.3 Å². The normalized spacial score (nSPS) is 11.2. The molecule has 0 unspecified atom stereocenters. The molecular weight excluding hydrogens is 467 g/mol. The van der Waals surface area contributed by atoms with E-state index >= 15 is 0 Å². The zero-order chi connectivity index (χ0) is 23.1. The third kappa shape index (κ3) is 6.25. The van der Waals surface area contributed by atoms with Crippen molar-refractivity contribution in [3.05, 3.63) is 94.0 Å². The van der Waals surface area contributed by atoms with E-state index in [1.165, 1.54) is 24.3 Å². The fraction of sp³-hybridized carbons (Fsp3) is 0.208. The van der Waals surface area contributed by atoms with Gasteiger partial charge < -0.3 is 5.32 Å². The number of carbonyl (C=O) groups excluding carboxylic acids is 1. The predicted molar refractivity (Wildman–Crippen MR) is 130 cm³/mol. The number of rotatable bonds is 9. The summed E-state index contributed by atoms with van der Waals surface area (Å²) >= 11 is 12.1. The lowest BCUT2D eigenvalue weighted by atomic mass is 10.1. The Morgan fingerprint density at radius 2 is 1.69 bits per heavy atom. The highest BCUT2D eigenvalue weighted by Gasteiger charge is 2.27. The van der Waals surface area contributed by atoms with Gasteiger partial charge in [0.15, 0.2) is 0 Å². The number of carbonyl (C=O) groups is 1. The van der Waals surface area contributed by atoms with Gasteiger partial charge in [0, 0.05) is 16.6 Å². The van der Waals surface area contributed by atoms with E-state index in [9.17, 15) is 13.2 Å². The Bertz CT molecular complexity index is 1180. The van der Waals surface area contributed by atoms with Crippen LogP contribution in [0.2, 0.25) is 10.0 Å². The maximum absolute atomic E-state index is 13.3. The predicted octanol–water partition coefficient (Wildman–Crippen LogP) is 5.25. The van der Waals surface area contributed by atoms with Gasteiger partial charge in [-0.15, -0.1) is 0 Å². The summed E-state index contributed by atoms with van der Waals surface area (Å²) < 4.78 is 27.8. The summed E-state index contributed by atoms with van der Waals surface area (Å²) in [5.41, 5.74) is 2.32. The molecule has 0 saturated heterocycles. The monoisotopic (exact) mass is 490 g/mol. The van der Waals surface area contributed by atoms with Gasteiger partial charge in [-0.2, -0.15) is 0 Å². The maximum Gasteiger partial charge on any atom is 0.264 e. The minimum absolute atomic E-state index is 0.0647. The lowest BCUT2D eigenvalue weighted by Crippen LogP contribution is -2.41. The van der Waals surface area contributed by atoms with Gasteiger partial charge in [-0.25, -0.2) is 8.42 Å². The van der Waals surface area contributed by atoms with Gasteiger partial charge in [-0.3, -0.25) is 9.10 Å². The number of hydrogen-bond acceptors (Lipinski definition) is 3. The molecule has 1 amide bonds. The third-order valence-electron chi connectivity index (χ3n) is 4.88. The molecule has 3 aromatic rings. The molecule has 0 bridgehead atoms. The van der Waals surface area contributed by atoms with Crippen molar-refractivity contribution in [3.8, 4) is 0 Å². The molecule has 0 saturated carbocycles. The molecule has 168 valence electrons. The van der Waals surface area contributed by atoms with Crippen molar-refractivity contribution in [2.24, 2.45) is 0 Å². The molecule has 32 heavy (non-hydrogen) atoms. The summed E-state index contributed by atoms with van der Waals surface area (Å²) in [6.45, 7) is 1.94. The Labute approximate surface area is 199 Å². The Hall–Kier alpha value is -2.54. The second-order valence-electron chi connectivity index (χ2n) is 7.35. The fourth-order valence-corrected chi connectivity index (χ4v) is 5.00. The van der Waals surface area contributed by atoms with E-state index in [0.717, 1.165) is 15.4 Å². The van der Waals surface area contributed by atoms with Crippen LogP contribution >= 0.6 is 23.2 Å². The van der Waals surface area contributed by atoms with Crippen molar-refractivity contribution < 1.29 is 13.2 Å². The average molecular weight is 491 g/mol. The van der Waals surface area contributed by atoms with E-state index in [2.05, 4.69) is 5.32 Å². The first-order valence-corrected chi connectivity index (χ1v) is 12.3. The first-order valence-electron chi connectivity index (χ1n) is 10.1. The largest absolute Gasteiger partial charge is 0.355 e. The van der Waals surface area contributed by atoms with Crippen LogP contribution < -0.4 is 9.62 Å². The second kappa shape index (κ2) is 10.9. The SMILES string of the molecule is Cc1cccc(N(CC(=O)NCCCc2ccccc2Cl)S(=O)(=O)c2ccc(Cl)cc2)c1. The first kappa shape index (κ1) is 24.1. The van der Waals surface area contributed by atoms with Gasteiger partial charge in [0.2, 0.25) is 5.91 Å². The molecule has 0 atom stereocenters. The molecule has 0 aliphatic heterocycles. The minimum atomic E-state index is -3.97. The van der Waals surface area contributed by atoms with Crippen molar-refractivity contribution in [1.82, 2.24) is 5.32 Å². The number of nitrogens with zero attached hydrogens (tertiary/aromatic N) is 1. The number of sulfonamides is 1. The molecule has 0 aromatic heterocycles. The van der Waals surface area contributed by atoms with Crippen LogP contribution in [-0.2, 0) is 21.2 Å². The van der Waals surface area contributed by atoms with Crippen LogP contribution in [0.15, 0.2) is 77.7 Å². The van der Waals surface area contributed by atoms with E-state index in [0.29, 0.717) is 35.1 Å². The summed E-state index contributed by atoms with van der Waals surface area (Å²) in [6.07, 6.45) is 1.40. The van der Waals surface area contributed by atoms with Gasteiger partial charge in [0.1, 0.15) is 6.54 Å². The minimum Gasteiger partial charge on any atom is -0.355 e. The number of aryl methyl sites for hydroxylation is 2. The van der Waals surface area contributed by atoms with Crippen molar-refractivity contribution in [3.63, 3.8) is 0 Å². The van der Waals surface area contributed by atoms with E-state index in [4.69, 9.17) is 23.2 Å². The summed E-state index contributed by atoms with van der Waals surface area (Å²) in [4.78, 5) is 12.7. The standard InChI is InChI=1S/C24H24Cl2N2O3S/c1-18-6-4-9-21(16-18)28(32(30,31)22-13-11-20(25)12-14-22)17-24(29)27-15-5-8-19-7-2-3-10-23(19)26/h2-4,6-7,9-14,16H,5,8,15,17H2,1H3,(H,27,29). The lowest BCUT2D eigenvalue weighted by Gasteiger charge is -2.24. The highest BCUT2D eigenvalue weighted by Crippen LogP contribution is 2.25. The lowest BCUT2D eigenvalue weighted by molar-refractivity contribution is -0.119. The first-order chi connectivity index (χ1) is 15.3. The van der Waals surface area contributed by atoms with Gasteiger partial charge in [-0.05, 0) is 73.4 Å². The number of nitrogens with one attached hydrogen (secondary N) is 1. The number of amides is 1. The van der Waals surface area contributed by atoms with Crippen molar-refractivity contribution >= 4 is 44.8 Å². The number of anilines is 1. The Morgan fingerprint density at radius 3 is 2.38 bits per heavy atom. The fourth-order valence-electron chi connectivity index (χ4n) is 3.23. The van der Waals surface area contributed by atoms with Crippen molar-refractivity contribution in [1.29, 1.82) is 0 Å². The highest BCUT2D eigenvalue weighted by atomic mass is 35.5. The molecule has 0 heterocycles. The topological polar surface area (TPSA) is 66.5 Å². The van der Waals surface area contributed by atoms with Crippen LogP contribution in [0.5, 0.6) is 0 Å². The zero-order valence-corrected chi connectivity index (χ0v) is 19.9. The van der Waals surface area contributed by atoms with Crippen LogP contribution in [0.3, 0.4) is 0 Å². The van der Waals surface area contributed by atoms with Gasteiger partial charge in [0.05, 0.1) is 10.6 Å². The van der Waals surface area contributed by atoms with Gasteiger partial charge >= 0.3 is 0 Å². The smallest absolute Gasteiger partial charge is 0.264 e. The summed E-state index contributed by atoms with van der Waals surface area (Å²) in [7, 11) is -3.97. The third-order valence-corrected chi connectivity index (χ3v) is 7.29. The molecule has 3 aromatic carbocycles. The Morgan fingerprint density at radius 1 is 0.969 bits per heavy atom. The molecule has 0 aliphatic rings. The number of halogens is 2. The van der Waals surface area contributed by atoms with Crippen molar-refractivity contribution in [2.45, 2.75) is 24.7 Å². The maximum atomic E-state index is 13.3. The molecule has 5 nitrogen and oxygen atoms in total. The molecule has 0 radical (unpaired) electrons. The molecule has 0 fully saturated rings. The molecule has 3 rings (SSSR count). The Balaban J connectivity index is 1.72. The Kier molecular flexibility index (Phi) is 8.18. The summed E-state index contributed by atoms with van der Waals surface area (Å²) in [5.74, 6) is -0.386. The summed E-state index contributed by atoms with van der Waals surface area (Å²) in [6, 6.07) is 20.5. The highest BCUT2D eigenvalue weighted by molar-refractivity contribution is 7.92. The van der Waals surface area contributed by atoms with E-state index in [1.54, 1.807) is 18.2 Å². The van der Waals surface area contributed by atoms with Crippen LogP contribution in [0.25, 0.3) is 0 Å². The van der Waals surface area contributed by atoms with Crippen LogP contribution in [0, 0.1) is 6.92 Å². The second-order valence-corrected chi connectivity index (χ2v) is 10.1. The number of hydrogen-bond donors (Lipinski definition) is 1. The van der Waals surface area contributed by atoms with E-state index < -0.39 is 10.0 Å². The van der Waals surface area contributed by atoms with Crippen LogP contribution in [0.4, 0.5) is 5.69 Å². The summed E-state index contributed by atoms with van der Waals surface area (Å²) in [5, 5.41) is 3.94. The molecule has 1 N–H and O–H groups in total. The van der Waals surface area contributed by atoms with E-state index in [1.807, 2.05) is 37.3 Å². The molecular formula is C24H24Cl2N2O3S. The quantitative estimate of drug-likeness (QED) is 0.416. The van der Waals surface area contributed by atoms with Crippen molar-refractivity contribution in [2.75, 3.05) is 17.4 Å².